The molecule has 0 aliphatic carbocycles. The highest BCUT2D eigenvalue weighted by atomic mass is 16.6. The molecule has 2 unspecified atom stereocenters. The summed E-state index contributed by atoms with van der Waals surface area (Å²) in [6.07, 6.45) is 0.497. The van der Waals surface area contributed by atoms with E-state index >= 15 is 0 Å². The Bertz CT molecular complexity index is 512. The van der Waals surface area contributed by atoms with Crippen LogP contribution in [0, 0.1) is 0 Å². The lowest BCUT2D eigenvalue weighted by atomic mass is 10.2. The summed E-state index contributed by atoms with van der Waals surface area (Å²) in [7, 11) is 0. The number of hydrogen-bond donors (Lipinski definition) is 6. The monoisotopic (exact) mass is 574 g/mol. The second kappa shape index (κ2) is 29.8. The molecule has 14 nitrogen and oxygen atoms in total. The Balaban J connectivity index is 0. The van der Waals surface area contributed by atoms with E-state index < -0.39 is 11.7 Å². The smallest absolute Gasteiger partial charge is 0.407 e. The van der Waals surface area contributed by atoms with Gasteiger partial charge in [-0.1, -0.05) is 0 Å². The zero-order valence-corrected chi connectivity index (χ0v) is 24.0. The standard InChI is InChI=1S/C15H31NO7.C10H23NO5/c1-15(2,3)23-14(19)16-5-4-8-20-11-13(22-10-7-18)12-21-9-6-17;11-2-1-5-14-8-10(16-7-4-13)9-15-6-3-12/h13,17-18H,4-12H2,1-3H3,(H,16,19);10,12-13H,1-9,11H2. The maximum atomic E-state index is 11.4. The quantitative estimate of drug-likeness (QED) is 0.0729. The number of nitrogens with one attached hydrogen (secondary N) is 1. The van der Waals surface area contributed by atoms with E-state index in [1.54, 1.807) is 20.8 Å². The summed E-state index contributed by atoms with van der Waals surface area (Å²) in [5, 5.41) is 37.3. The molecule has 0 radical (unpaired) electrons. The van der Waals surface area contributed by atoms with Crippen molar-refractivity contribution >= 4 is 6.09 Å². The van der Waals surface area contributed by atoms with Gasteiger partial charge in [-0.15, -0.1) is 0 Å². The summed E-state index contributed by atoms with van der Waals surface area (Å²) < 4.78 is 36.9. The number of nitrogens with two attached hydrogens (primary N) is 1. The minimum atomic E-state index is -0.508. The maximum Gasteiger partial charge on any atom is 0.407 e. The molecule has 7 N–H and O–H groups in total. The Labute approximate surface area is 233 Å². The number of aliphatic hydroxyl groups is 4. The molecule has 0 aliphatic rings. The minimum absolute atomic E-state index is 0.0131. The largest absolute Gasteiger partial charge is 0.444 e. The molecule has 39 heavy (non-hydrogen) atoms. The van der Waals surface area contributed by atoms with Crippen molar-refractivity contribution in [1.29, 1.82) is 0 Å². The van der Waals surface area contributed by atoms with Crippen molar-refractivity contribution in [1.82, 2.24) is 5.32 Å². The van der Waals surface area contributed by atoms with Gasteiger partial charge >= 0.3 is 6.09 Å². The predicted octanol–water partition coefficient (Wildman–Crippen LogP) is -0.958. The normalized spacial score (nSPS) is 12.9. The van der Waals surface area contributed by atoms with Crippen molar-refractivity contribution < 1.29 is 58.4 Å². The van der Waals surface area contributed by atoms with Gasteiger partial charge in [-0.2, -0.15) is 0 Å². The van der Waals surface area contributed by atoms with Crippen LogP contribution in [0.3, 0.4) is 0 Å². The van der Waals surface area contributed by atoms with Gasteiger partial charge < -0.3 is 64.6 Å². The van der Waals surface area contributed by atoms with Crippen LogP contribution >= 0.6 is 0 Å². The molecule has 0 saturated heterocycles. The number of aliphatic hydroxyl groups excluding tert-OH is 4. The number of ether oxygens (including phenoxy) is 7. The van der Waals surface area contributed by atoms with Crippen LogP contribution in [0.2, 0.25) is 0 Å². The third-order valence-corrected chi connectivity index (χ3v) is 4.20. The average Bonchev–Trinajstić information content (AvgIpc) is 2.89. The number of carbonyl (C=O) groups excluding carboxylic acids is 1. The van der Waals surface area contributed by atoms with Gasteiger partial charge in [-0.25, -0.2) is 4.79 Å². The number of carbonyl (C=O) groups is 1. The summed E-state index contributed by atoms with van der Waals surface area (Å²) >= 11 is 0. The number of rotatable bonds is 25. The molecule has 236 valence electrons. The number of hydrogen-bond acceptors (Lipinski definition) is 13. The summed E-state index contributed by atoms with van der Waals surface area (Å²) in [5.74, 6) is 0. The first-order valence-corrected chi connectivity index (χ1v) is 13.4. The van der Waals surface area contributed by atoms with E-state index in [1.807, 2.05) is 0 Å². The van der Waals surface area contributed by atoms with E-state index in [9.17, 15) is 4.79 Å². The van der Waals surface area contributed by atoms with Gasteiger partial charge in [0.1, 0.15) is 17.8 Å². The molecular weight excluding hydrogens is 520 g/mol. The molecule has 0 bridgehead atoms. The topological polar surface area (TPSA) is 201 Å². The first-order valence-electron chi connectivity index (χ1n) is 13.4. The molecule has 0 aromatic rings. The van der Waals surface area contributed by atoms with E-state index in [-0.39, 0.29) is 71.7 Å². The highest BCUT2D eigenvalue weighted by Crippen LogP contribution is 2.06. The third kappa shape index (κ3) is 32.9. The highest BCUT2D eigenvalue weighted by Gasteiger charge is 2.15. The molecule has 0 heterocycles. The molecular formula is C25H54N2O12. The maximum absolute atomic E-state index is 11.4. The van der Waals surface area contributed by atoms with Gasteiger partial charge in [0.05, 0.1) is 79.3 Å². The van der Waals surface area contributed by atoms with Crippen LogP contribution in [0.15, 0.2) is 0 Å². The van der Waals surface area contributed by atoms with Gasteiger partial charge in [-0.05, 0) is 40.2 Å². The fourth-order valence-corrected chi connectivity index (χ4v) is 2.58. The van der Waals surface area contributed by atoms with Gasteiger partial charge in [0, 0.05) is 19.8 Å². The second-order valence-corrected chi connectivity index (χ2v) is 9.10. The first-order chi connectivity index (χ1) is 18.7. The molecule has 0 rings (SSSR count). The molecule has 14 heteroatoms. The van der Waals surface area contributed by atoms with Crippen LogP contribution in [0.25, 0.3) is 0 Å². The molecule has 0 aromatic heterocycles. The van der Waals surface area contributed by atoms with Crippen molar-refractivity contribution in [3.05, 3.63) is 0 Å². The van der Waals surface area contributed by atoms with Crippen molar-refractivity contribution in [2.45, 2.75) is 51.4 Å². The van der Waals surface area contributed by atoms with Crippen LogP contribution in [-0.2, 0) is 33.2 Å². The molecule has 0 aromatic carbocycles. The van der Waals surface area contributed by atoms with Crippen LogP contribution in [-0.4, -0.2) is 150 Å². The highest BCUT2D eigenvalue weighted by molar-refractivity contribution is 5.67. The number of alkyl carbamates (subject to hydrolysis) is 1. The summed E-state index contributed by atoms with van der Waals surface area (Å²) in [5.41, 5.74) is 4.82. The lowest BCUT2D eigenvalue weighted by Crippen LogP contribution is -2.33. The summed E-state index contributed by atoms with van der Waals surface area (Å²) in [4.78, 5) is 11.4. The van der Waals surface area contributed by atoms with Crippen molar-refractivity contribution in [2.75, 3.05) is 106 Å². The van der Waals surface area contributed by atoms with E-state index in [2.05, 4.69) is 5.32 Å². The number of amides is 1. The summed E-state index contributed by atoms with van der Waals surface area (Å²) in [6, 6.07) is 0. The van der Waals surface area contributed by atoms with Crippen molar-refractivity contribution in [3.63, 3.8) is 0 Å². The molecule has 0 fully saturated rings. The summed E-state index contributed by atoms with van der Waals surface area (Å²) in [6.45, 7) is 9.70. The van der Waals surface area contributed by atoms with Gasteiger partial charge in [0.2, 0.25) is 0 Å². The van der Waals surface area contributed by atoms with Gasteiger partial charge in [0.25, 0.3) is 0 Å². The van der Waals surface area contributed by atoms with Crippen LogP contribution < -0.4 is 11.1 Å². The molecule has 0 saturated carbocycles. The third-order valence-electron chi connectivity index (χ3n) is 4.20. The van der Waals surface area contributed by atoms with E-state index in [4.69, 9.17) is 59.3 Å². The van der Waals surface area contributed by atoms with Gasteiger partial charge in [-0.3, -0.25) is 0 Å². The lowest BCUT2D eigenvalue weighted by molar-refractivity contribution is -0.0704. The minimum Gasteiger partial charge on any atom is -0.444 e. The molecule has 1 amide bonds. The van der Waals surface area contributed by atoms with Crippen LogP contribution in [0.1, 0.15) is 33.6 Å². The fourth-order valence-electron chi connectivity index (χ4n) is 2.58. The average molecular weight is 575 g/mol. The Morgan fingerprint density at radius 3 is 1.49 bits per heavy atom. The zero-order chi connectivity index (χ0) is 29.6. The first kappa shape index (κ1) is 40.0. The van der Waals surface area contributed by atoms with Crippen LogP contribution in [0.4, 0.5) is 4.79 Å². The van der Waals surface area contributed by atoms with Crippen LogP contribution in [0.5, 0.6) is 0 Å². The molecule has 0 spiro atoms. The Hall–Kier alpha value is -1.17. The fraction of sp³-hybridized carbons (Fsp3) is 0.960. The van der Waals surface area contributed by atoms with E-state index in [0.29, 0.717) is 52.5 Å². The van der Waals surface area contributed by atoms with Crippen molar-refractivity contribution in [2.24, 2.45) is 5.73 Å². The molecule has 2 atom stereocenters. The van der Waals surface area contributed by atoms with E-state index in [1.165, 1.54) is 0 Å². The molecule has 0 aliphatic heterocycles. The Morgan fingerprint density at radius 2 is 1.10 bits per heavy atom. The SMILES string of the molecule is CC(C)(C)OC(=O)NCCCOCC(COCCO)OCCO.NCCCOCC(COCCO)OCCO. The van der Waals surface area contributed by atoms with E-state index in [0.717, 1.165) is 6.42 Å². The Kier molecular flexibility index (Phi) is 30.5. The van der Waals surface area contributed by atoms with Gasteiger partial charge in [0.15, 0.2) is 0 Å². The van der Waals surface area contributed by atoms with Crippen molar-refractivity contribution in [3.8, 4) is 0 Å². The predicted molar refractivity (Wildman–Crippen MR) is 144 cm³/mol. The zero-order valence-electron chi connectivity index (χ0n) is 24.0. The second-order valence-electron chi connectivity index (χ2n) is 9.10. The Morgan fingerprint density at radius 1 is 0.692 bits per heavy atom. The lowest BCUT2D eigenvalue weighted by Gasteiger charge is -2.20.